The Morgan fingerprint density at radius 3 is 2.10 bits per heavy atom. The molecule has 0 saturated carbocycles. The Labute approximate surface area is 181 Å². The zero-order valence-corrected chi connectivity index (χ0v) is 17.8. The maximum Gasteiger partial charge on any atom is 0.295 e. The van der Waals surface area contributed by atoms with Crippen LogP contribution in [0.15, 0.2) is 79.0 Å². The van der Waals surface area contributed by atoms with E-state index < -0.39 is 29.1 Å². The van der Waals surface area contributed by atoms with Crippen LogP contribution in [0.4, 0.5) is 5.69 Å². The van der Waals surface area contributed by atoms with Gasteiger partial charge >= 0.3 is 0 Å². The average Bonchev–Trinajstić information content (AvgIpc) is 3.04. The van der Waals surface area contributed by atoms with Crippen molar-refractivity contribution in [1.29, 1.82) is 0 Å². The third-order valence-corrected chi connectivity index (χ3v) is 5.57. The molecule has 3 aromatic rings. The molecule has 1 aliphatic rings. The van der Waals surface area contributed by atoms with Gasteiger partial charge in [0.1, 0.15) is 5.92 Å². The second-order valence-electron chi connectivity index (χ2n) is 8.75. The van der Waals surface area contributed by atoms with E-state index in [0.29, 0.717) is 5.69 Å². The molecule has 0 N–H and O–H groups in total. The lowest BCUT2D eigenvalue weighted by molar-refractivity contribution is -0.141. The lowest BCUT2D eigenvalue weighted by atomic mass is 9.77. The summed E-state index contributed by atoms with van der Waals surface area (Å²) in [5.41, 5.74) is 2.32. The van der Waals surface area contributed by atoms with Gasteiger partial charge in [-0.05, 0) is 29.8 Å². The Kier molecular flexibility index (Phi) is 5.27. The molecular formula is C26H24N2O3. The molecule has 1 amide bonds. The summed E-state index contributed by atoms with van der Waals surface area (Å²) in [7, 11) is 0. The molecule has 2 heterocycles. The molecule has 1 aliphatic heterocycles. The number of hydrogen-bond acceptors (Lipinski definition) is 4. The van der Waals surface area contributed by atoms with Crippen LogP contribution in [0.1, 0.15) is 32.4 Å². The van der Waals surface area contributed by atoms with Gasteiger partial charge in [-0.3, -0.25) is 24.3 Å². The minimum absolute atomic E-state index is 0.229. The van der Waals surface area contributed by atoms with Crippen LogP contribution < -0.4 is 4.90 Å². The fraction of sp³-hybridized carbons (Fsp3) is 0.231. The molecule has 1 saturated heterocycles. The number of amides is 1. The Morgan fingerprint density at radius 1 is 0.871 bits per heavy atom. The van der Waals surface area contributed by atoms with Crippen molar-refractivity contribution in [3.05, 3.63) is 84.6 Å². The smallest absolute Gasteiger partial charge is 0.295 e. The fourth-order valence-corrected chi connectivity index (χ4v) is 4.00. The number of benzene rings is 2. The van der Waals surface area contributed by atoms with E-state index in [1.165, 1.54) is 4.90 Å². The molecule has 0 bridgehead atoms. The van der Waals surface area contributed by atoms with Gasteiger partial charge in [-0.25, -0.2) is 0 Å². The van der Waals surface area contributed by atoms with Crippen LogP contribution in [-0.2, 0) is 14.4 Å². The van der Waals surface area contributed by atoms with E-state index >= 15 is 0 Å². The monoisotopic (exact) mass is 412 g/mol. The van der Waals surface area contributed by atoms with E-state index in [-0.39, 0.29) is 5.78 Å². The Hall–Kier alpha value is -3.60. The molecule has 0 radical (unpaired) electrons. The van der Waals surface area contributed by atoms with Crippen LogP contribution >= 0.6 is 0 Å². The summed E-state index contributed by atoms with van der Waals surface area (Å²) in [6, 6.07) is 21.6. The first kappa shape index (κ1) is 20.7. The van der Waals surface area contributed by atoms with Crippen LogP contribution in [0.5, 0.6) is 0 Å². The molecular weight excluding hydrogens is 388 g/mol. The van der Waals surface area contributed by atoms with Gasteiger partial charge in [-0.15, -0.1) is 0 Å². The predicted molar refractivity (Wildman–Crippen MR) is 119 cm³/mol. The lowest BCUT2D eigenvalue weighted by Gasteiger charge is -2.30. The molecule has 5 nitrogen and oxygen atoms in total. The van der Waals surface area contributed by atoms with E-state index in [4.69, 9.17) is 0 Å². The highest BCUT2D eigenvalue weighted by molar-refractivity contribution is 6.48. The number of nitrogens with zero attached hydrogens (tertiary/aromatic N) is 2. The van der Waals surface area contributed by atoms with E-state index in [0.717, 1.165) is 16.8 Å². The number of pyridine rings is 1. The Bertz CT molecular complexity index is 1120. The zero-order chi connectivity index (χ0) is 22.2. The maximum atomic E-state index is 13.2. The first-order valence-corrected chi connectivity index (χ1v) is 10.3. The number of ketones is 2. The Morgan fingerprint density at radius 2 is 1.52 bits per heavy atom. The van der Waals surface area contributed by atoms with Crippen molar-refractivity contribution in [3.8, 4) is 11.3 Å². The molecule has 2 aromatic carbocycles. The van der Waals surface area contributed by atoms with Gasteiger partial charge in [0.05, 0.1) is 11.7 Å². The number of carbonyl (C=O) groups is 3. The molecule has 1 fully saturated rings. The van der Waals surface area contributed by atoms with E-state index in [1.807, 2.05) is 60.7 Å². The third kappa shape index (κ3) is 3.79. The third-order valence-electron chi connectivity index (χ3n) is 5.57. The maximum absolute atomic E-state index is 13.2. The van der Waals surface area contributed by atoms with Crippen molar-refractivity contribution < 1.29 is 14.4 Å². The second-order valence-corrected chi connectivity index (χ2v) is 8.75. The summed E-state index contributed by atoms with van der Waals surface area (Å²) in [6.07, 6.45) is 1.72. The standard InChI is InChI=1S/C26H24N2O3/c1-26(2,3)24(30)21-22(18-9-5-4-6-10-18)28(25(31)23(21)29)19-14-12-17(13-15-19)20-11-7-8-16-27-20/h4-16,21-22H,1-3H3. The summed E-state index contributed by atoms with van der Waals surface area (Å²) >= 11 is 0. The van der Waals surface area contributed by atoms with Crippen molar-refractivity contribution in [2.75, 3.05) is 4.90 Å². The molecule has 2 unspecified atom stereocenters. The predicted octanol–water partition coefficient (Wildman–Crippen LogP) is 4.64. The molecule has 0 spiro atoms. The number of carbonyl (C=O) groups excluding carboxylic acids is 3. The molecule has 4 rings (SSSR count). The number of hydrogen-bond donors (Lipinski definition) is 0. The number of Topliss-reactive ketones (excluding diaryl/α,β-unsaturated/α-hetero) is 2. The van der Waals surface area contributed by atoms with Crippen molar-refractivity contribution >= 4 is 23.2 Å². The normalized spacial score (nSPS) is 19.0. The zero-order valence-electron chi connectivity index (χ0n) is 17.8. The van der Waals surface area contributed by atoms with E-state index in [1.54, 1.807) is 39.1 Å². The fourth-order valence-electron chi connectivity index (χ4n) is 4.00. The average molecular weight is 412 g/mol. The van der Waals surface area contributed by atoms with Crippen molar-refractivity contribution in [2.24, 2.45) is 11.3 Å². The molecule has 1 aromatic heterocycles. The van der Waals surface area contributed by atoms with E-state index in [2.05, 4.69) is 4.98 Å². The summed E-state index contributed by atoms with van der Waals surface area (Å²) < 4.78 is 0. The highest BCUT2D eigenvalue weighted by atomic mass is 16.2. The minimum Gasteiger partial charge on any atom is -0.298 e. The van der Waals surface area contributed by atoms with Crippen LogP contribution in [0.2, 0.25) is 0 Å². The summed E-state index contributed by atoms with van der Waals surface area (Å²) in [6.45, 7) is 5.33. The molecule has 31 heavy (non-hydrogen) atoms. The van der Waals surface area contributed by atoms with Crippen LogP contribution in [0, 0.1) is 11.3 Å². The topological polar surface area (TPSA) is 67.3 Å². The lowest BCUT2D eigenvalue weighted by Crippen LogP contribution is -2.35. The second kappa shape index (κ2) is 7.91. The first-order chi connectivity index (χ1) is 14.8. The van der Waals surface area contributed by atoms with Crippen LogP contribution in [0.3, 0.4) is 0 Å². The van der Waals surface area contributed by atoms with Crippen LogP contribution in [-0.4, -0.2) is 22.5 Å². The van der Waals surface area contributed by atoms with Gasteiger partial charge in [0.25, 0.3) is 5.91 Å². The van der Waals surface area contributed by atoms with Crippen molar-refractivity contribution in [1.82, 2.24) is 4.98 Å². The van der Waals surface area contributed by atoms with Gasteiger partial charge in [0, 0.05) is 22.9 Å². The molecule has 5 heteroatoms. The summed E-state index contributed by atoms with van der Waals surface area (Å²) in [5, 5.41) is 0. The summed E-state index contributed by atoms with van der Waals surface area (Å²) in [4.78, 5) is 45.2. The van der Waals surface area contributed by atoms with Gasteiger partial charge < -0.3 is 0 Å². The first-order valence-electron chi connectivity index (χ1n) is 10.3. The van der Waals surface area contributed by atoms with E-state index in [9.17, 15) is 14.4 Å². The molecule has 156 valence electrons. The number of anilines is 1. The van der Waals surface area contributed by atoms with Gasteiger partial charge in [-0.1, -0.05) is 69.3 Å². The highest BCUT2D eigenvalue weighted by Gasteiger charge is 2.53. The SMILES string of the molecule is CC(C)(C)C(=O)C1C(=O)C(=O)N(c2ccc(-c3ccccn3)cc2)C1c1ccccc1. The quantitative estimate of drug-likeness (QED) is 0.463. The highest BCUT2D eigenvalue weighted by Crippen LogP contribution is 2.42. The molecule has 2 atom stereocenters. The van der Waals surface area contributed by atoms with Gasteiger partial charge in [-0.2, -0.15) is 0 Å². The van der Waals surface area contributed by atoms with Crippen molar-refractivity contribution in [3.63, 3.8) is 0 Å². The number of aromatic nitrogens is 1. The van der Waals surface area contributed by atoms with Crippen LogP contribution in [0.25, 0.3) is 11.3 Å². The Balaban J connectivity index is 1.79. The number of rotatable bonds is 4. The largest absolute Gasteiger partial charge is 0.298 e. The van der Waals surface area contributed by atoms with Gasteiger partial charge in [0.15, 0.2) is 5.78 Å². The molecule has 0 aliphatic carbocycles. The van der Waals surface area contributed by atoms with Crippen molar-refractivity contribution in [2.45, 2.75) is 26.8 Å². The summed E-state index contributed by atoms with van der Waals surface area (Å²) in [5.74, 6) is -2.57. The van der Waals surface area contributed by atoms with Gasteiger partial charge in [0.2, 0.25) is 5.78 Å². The minimum atomic E-state index is -1.04.